The van der Waals surface area contributed by atoms with Crippen LogP contribution in [0.25, 0.3) is 5.76 Å². The molecule has 1 aliphatic heterocycles. The molecule has 1 atom stereocenters. The van der Waals surface area contributed by atoms with Gasteiger partial charge in [0.15, 0.2) is 0 Å². The Bertz CT molecular complexity index is 643. The van der Waals surface area contributed by atoms with Gasteiger partial charge in [0.2, 0.25) is 5.91 Å². The summed E-state index contributed by atoms with van der Waals surface area (Å²) in [4.78, 5) is 24.9. The Morgan fingerprint density at radius 1 is 1.43 bits per heavy atom. The predicted octanol–water partition coefficient (Wildman–Crippen LogP) is 1.44. The first kappa shape index (κ1) is 17.1. The van der Waals surface area contributed by atoms with Crippen LogP contribution in [0.2, 0.25) is 5.82 Å². The zero-order valence-electron chi connectivity index (χ0n) is 13.3. The number of Topliss-reactive ketones (excluding diaryl/α,β-unsaturated/α-hetero) is 1. The Morgan fingerprint density at radius 2 is 2.13 bits per heavy atom. The predicted molar refractivity (Wildman–Crippen MR) is 87.1 cm³/mol. The molecule has 2 N–H and O–H groups in total. The molecule has 0 bridgehead atoms. The number of benzene rings is 1. The summed E-state index contributed by atoms with van der Waals surface area (Å²) < 4.78 is 5.48. The Morgan fingerprint density at radius 3 is 2.74 bits per heavy atom. The number of rotatable bonds is 5. The fourth-order valence-corrected chi connectivity index (χ4v) is 2.58. The Hall–Kier alpha value is -2.28. The van der Waals surface area contributed by atoms with Gasteiger partial charge in [0.1, 0.15) is 17.3 Å². The van der Waals surface area contributed by atoms with Crippen molar-refractivity contribution in [2.75, 3.05) is 14.1 Å². The number of hydrogen-bond donors (Lipinski definition) is 2. The van der Waals surface area contributed by atoms with Crippen molar-refractivity contribution in [3.05, 3.63) is 35.9 Å². The summed E-state index contributed by atoms with van der Waals surface area (Å²) in [7, 11) is 2.02. The minimum atomic E-state index is -1.17. The molecule has 1 heterocycles. The molecule has 1 aliphatic rings. The number of carbonyl (C=O) groups is 2. The lowest BCUT2D eigenvalue weighted by Crippen LogP contribution is -2.36. The molecule has 0 spiro atoms. The van der Waals surface area contributed by atoms with Gasteiger partial charge >= 0.3 is 7.12 Å². The van der Waals surface area contributed by atoms with Gasteiger partial charge in [-0.1, -0.05) is 18.7 Å². The van der Waals surface area contributed by atoms with E-state index in [0.717, 1.165) is 5.56 Å². The quantitative estimate of drug-likeness (QED) is 0.487. The first-order chi connectivity index (χ1) is 10.8. The smallest absolute Gasteiger partial charge is 0.526 e. The molecule has 0 unspecified atom stereocenters. The van der Waals surface area contributed by atoms with Crippen molar-refractivity contribution in [1.29, 1.82) is 0 Å². The third-order valence-electron chi connectivity index (χ3n) is 3.87. The number of fused-ring (bicyclic) bond motifs is 1. The van der Waals surface area contributed by atoms with E-state index in [1.807, 2.05) is 6.07 Å². The zero-order chi connectivity index (χ0) is 17.1. The van der Waals surface area contributed by atoms with E-state index in [2.05, 4.69) is 6.58 Å². The highest BCUT2D eigenvalue weighted by molar-refractivity contribution is 6.46. The maximum Gasteiger partial charge on any atom is 0.526 e. The number of ketones is 1. The molecule has 122 valence electrons. The molecular formula is C16H20BNO5. The lowest BCUT2D eigenvalue weighted by atomic mass is 9.64. The van der Waals surface area contributed by atoms with E-state index in [1.165, 1.54) is 4.90 Å². The number of amides is 1. The van der Waals surface area contributed by atoms with E-state index in [1.54, 1.807) is 26.2 Å². The maximum atomic E-state index is 12.0. The molecule has 0 saturated carbocycles. The standard InChI is InChI=1S/C16H20BNO5/c1-10(19)14-6-4-5-11-7-12(17(22)23-16(11)14)8-13(20)9-15(21)18(2)3/h4-6,12,19,22H,1,7-9H2,2-3H3/t12-/m1/s1. The molecule has 0 fully saturated rings. The minimum Gasteiger partial charge on any atom is -0.535 e. The highest BCUT2D eigenvalue weighted by atomic mass is 16.5. The Balaban J connectivity index is 2.10. The lowest BCUT2D eigenvalue weighted by Gasteiger charge is -2.28. The van der Waals surface area contributed by atoms with Crippen LogP contribution >= 0.6 is 0 Å². The average molecular weight is 317 g/mol. The molecule has 1 aromatic rings. The van der Waals surface area contributed by atoms with Crippen molar-refractivity contribution in [3.8, 4) is 5.75 Å². The Kier molecular flexibility index (Phi) is 5.10. The third kappa shape index (κ3) is 3.93. The molecule has 1 aromatic carbocycles. The van der Waals surface area contributed by atoms with Gasteiger partial charge in [0.05, 0.1) is 12.0 Å². The first-order valence-corrected chi connectivity index (χ1v) is 7.36. The third-order valence-corrected chi connectivity index (χ3v) is 3.87. The number of para-hydroxylation sites is 1. The van der Waals surface area contributed by atoms with Crippen LogP contribution in [-0.4, -0.2) is 47.9 Å². The minimum absolute atomic E-state index is 0.0600. The summed E-state index contributed by atoms with van der Waals surface area (Å²) in [5.41, 5.74) is 1.22. The van der Waals surface area contributed by atoms with Crippen molar-refractivity contribution in [2.24, 2.45) is 0 Å². The van der Waals surface area contributed by atoms with E-state index in [0.29, 0.717) is 17.7 Å². The highest BCUT2D eigenvalue weighted by Gasteiger charge is 2.37. The fourth-order valence-electron chi connectivity index (χ4n) is 2.58. The molecule has 1 amide bonds. The molecule has 0 aromatic heterocycles. The highest BCUT2D eigenvalue weighted by Crippen LogP contribution is 2.38. The second-order valence-electron chi connectivity index (χ2n) is 5.92. The molecule has 2 rings (SSSR count). The van der Waals surface area contributed by atoms with E-state index < -0.39 is 12.9 Å². The van der Waals surface area contributed by atoms with Crippen molar-refractivity contribution in [3.63, 3.8) is 0 Å². The number of aliphatic hydroxyl groups excluding tert-OH is 1. The van der Waals surface area contributed by atoms with Gasteiger partial charge in [-0.2, -0.15) is 0 Å². The van der Waals surface area contributed by atoms with E-state index >= 15 is 0 Å². The maximum absolute atomic E-state index is 12.0. The van der Waals surface area contributed by atoms with Crippen LogP contribution in [0.15, 0.2) is 24.8 Å². The summed E-state index contributed by atoms with van der Waals surface area (Å²) in [5.74, 6) is -0.670. The van der Waals surface area contributed by atoms with Crippen LogP contribution in [0.4, 0.5) is 0 Å². The summed E-state index contributed by atoms with van der Waals surface area (Å²) in [5, 5.41) is 19.7. The largest absolute Gasteiger partial charge is 0.535 e. The summed E-state index contributed by atoms with van der Waals surface area (Å²) in [6.45, 7) is 3.47. The number of carbonyl (C=O) groups excluding carboxylic acids is 2. The van der Waals surface area contributed by atoms with E-state index in [-0.39, 0.29) is 30.3 Å². The van der Waals surface area contributed by atoms with Gasteiger partial charge in [-0.25, -0.2) is 0 Å². The second-order valence-corrected chi connectivity index (χ2v) is 5.92. The monoisotopic (exact) mass is 317 g/mol. The SMILES string of the molecule is C=C(O)c1cccc2c1OB(O)[C@@H](CC(=O)CC(=O)N(C)C)C2. The summed E-state index contributed by atoms with van der Waals surface area (Å²) in [6.07, 6.45) is 0.306. The van der Waals surface area contributed by atoms with Crippen LogP contribution in [0.5, 0.6) is 5.75 Å². The Labute approximate surface area is 135 Å². The number of aliphatic hydroxyl groups is 1. The van der Waals surface area contributed by atoms with Gasteiger partial charge in [0, 0.05) is 26.3 Å². The second kappa shape index (κ2) is 6.87. The van der Waals surface area contributed by atoms with Gasteiger partial charge in [-0.05, 0) is 18.1 Å². The molecular weight excluding hydrogens is 297 g/mol. The molecule has 7 heteroatoms. The normalized spacial score (nSPS) is 16.3. The summed E-state index contributed by atoms with van der Waals surface area (Å²) in [6, 6.07) is 5.22. The molecule has 0 saturated heterocycles. The van der Waals surface area contributed by atoms with Gasteiger partial charge < -0.3 is 19.7 Å². The van der Waals surface area contributed by atoms with Crippen molar-refractivity contribution >= 4 is 24.6 Å². The van der Waals surface area contributed by atoms with Gasteiger partial charge in [-0.15, -0.1) is 0 Å². The van der Waals surface area contributed by atoms with Crippen molar-refractivity contribution in [1.82, 2.24) is 4.90 Å². The van der Waals surface area contributed by atoms with Crippen LogP contribution in [0.3, 0.4) is 0 Å². The van der Waals surface area contributed by atoms with Crippen molar-refractivity contribution < 1.29 is 24.4 Å². The fraction of sp³-hybridized carbons (Fsp3) is 0.375. The van der Waals surface area contributed by atoms with Crippen LogP contribution < -0.4 is 4.65 Å². The molecule has 23 heavy (non-hydrogen) atoms. The van der Waals surface area contributed by atoms with Gasteiger partial charge in [0.25, 0.3) is 0 Å². The molecule has 6 nitrogen and oxygen atoms in total. The lowest BCUT2D eigenvalue weighted by molar-refractivity contribution is -0.133. The molecule has 0 radical (unpaired) electrons. The topological polar surface area (TPSA) is 87.1 Å². The summed E-state index contributed by atoms with van der Waals surface area (Å²) >= 11 is 0. The van der Waals surface area contributed by atoms with Crippen molar-refractivity contribution in [2.45, 2.75) is 25.1 Å². The average Bonchev–Trinajstić information content (AvgIpc) is 2.47. The van der Waals surface area contributed by atoms with E-state index in [4.69, 9.17) is 4.65 Å². The van der Waals surface area contributed by atoms with E-state index in [9.17, 15) is 19.7 Å². The van der Waals surface area contributed by atoms with Crippen LogP contribution in [0.1, 0.15) is 24.0 Å². The first-order valence-electron chi connectivity index (χ1n) is 7.36. The number of nitrogens with zero attached hydrogens (tertiary/aromatic N) is 1. The van der Waals surface area contributed by atoms with Gasteiger partial charge in [-0.3, -0.25) is 9.59 Å². The number of hydrogen-bond acceptors (Lipinski definition) is 5. The van der Waals surface area contributed by atoms with Crippen LogP contribution in [0, 0.1) is 0 Å². The molecule has 0 aliphatic carbocycles. The zero-order valence-corrected chi connectivity index (χ0v) is 13.3. The van der Waals surface area contributed by atoms with Crippen LogP contribution in [-0.2, 0) is 16.0 Å².